The SMILES string of the molecule is COc1ccccc1-c1noc(CCn2nc(-c3ccc(C)c(C)c3)ccc2=O)n1. The van der Waals surface area contributed by atoms with Gasteiger partial charge in [0.15, 0.2) is 0 Å². The minimum absolute atomic E-state index is 0.174. The van der Waals surface area contributed by atoms with E-state index in [1.54, 1.807) is 13.2 Å². The predicted molar refractivity (Wildman–Crippen MR) is 113 cm³/mol. The molecule has 0 saturated carbocycles. The summed E-state index contributed by atoms with van der Waals surface area (Å²) in [5.41, 5.74) is 4.70. The van der Waals surface area contributed by atoms with E-state index in [0.717, 1.165) is 16.8 Å². The lowest BCUT2D eigenvalue weighted by molar-refractivity contribution is 0.367. The lowest BCUT2D eigenvalue weighted by Crippen LogP contribution is -2.23. The monoisotopic (exact) mass is 402 g/mol. The summed E-state index contributed by atoms with van der Waals surface area (Å²) in [7, 11) is 1.60. The molecule has 0 unspecified atom stereocenters. The molecular weight excluding hydrogens is 380 g/mol. The molecule has 2 heterocycles. The molecule has 30 heavy (non-hydrogen) atoms. The van der Waals surface area contributed by atoms with Crippen LogP contribution < -0.4 is 10.3 Å². The quantitative estimate of drug-likeness (QED) is 0.487. The van der Waals surface area contributed by atoms with Crippen LogP contribution in [-0.2, 0) is 13.0 Å². The van der Waals surface area contributed by atoms with E-state index in [9.17, 15) is 4.79 Å². The molecule has 0 saturated heterocycles. The van der Waals surface area contributed by atoms with E-state index in [1.165, 1.54) is 21.9 Å². The summed E-state index contributed by atoms with van der Waals surface area (Å²) < 4.78 is 12.1. The van der Waals surface area contributed by atoms with Gasteiger partial charge in [-0.1, -0.05) is 29.4 Å². The molecule has 7 heteroatoms. The van der Waals surface area contributed by atoms with Crippen LogP contribution in [-0.4, -0.2) is 27.0 Å². The normalized spacial score (nSPS) is 10.9. The largest absolute Gasteiger partial charge is 0.496 e. The first-order valence-corrected chi connectivity index (χ1v) is 9.67. The maximum absolute atomic E-state index is 12.3. The average molecular weight is 402 g/mol. The molecule has 0 spiro atoms. The van der Waals surface area contributed by atoms with E-state index < -0.39 is 0 Å². The number of rotatable bonds is 6. The predicted octanol–water partition coefficient (Wildman–Crippen LogP) is 3.83. The van der Waals surface area contributed by atoms with Crippen molar-refractivity contribution in [1.29, 1.82) is 0 Å². The zero-order valence-electron chi connectivity index (χ0n) is 17.1. The van der Waals surface area contributed by atoms with Gasteiger partial charge < -0.3 is 9.26 Å². The van der Waals surface area contributed by atoms with Gasteiger partial charge in [0.2, 0.25) is 11.7 Å². The molecule has 4 aromatic rings. The highest BCUT2D eigenvalue weighted by molar-refractivity contribution is 5.63. The molecule has 0 atom stereocenters. The van der Waals surface area contributed by atoms with Gasteiger partial charge in [-0.15, -0.1) is 0 Å². The average Bonchev–Trinajstić information content (AvgIpc) is 3.24. The van der Waals surface area contributed by atoms with E-state index in [-0.39, 0.29) is 5.56 Å². The third-order valence-electron chi connectivity index (χ3n) is 5.02. The van der Waals surface area contributed by atoms with E-state index in [0.29, 0.717) is 30.4 Å². The maximum atomic E-state index is 12.3. The lowest BCUT2D eigenvalue weighted by Gasteiger charge is -2.08. The molecule has 0 bridgehead atoms. The highest BCUT2D eigenvalue weighted by Gasteiger charge is 2.13. The van der Waals surface area contributed by atoms with Crippen LogP contribution in [0.3, 0.4) is 0 Å². The number of benzene rings is 2. The van der Waals surface area contributed by atoms with Crippen molar-refractivity contribution in [1.82, 2.24) is 19.9 Å². The second kappa shape index (κ2) is 8.32. The Kier molecular flexibility index (Phi) is 5.43. The Morgan fingerprint density at radius 3 is 2.67 bits per heavy atom. The molecule has 2 aromatic heterocycles. The summed E-state index contributed by atoms with van der Waals surface area (Å²) in [4.78, 5) is 16.7. The van der Waals surface area contributed by atoms with Gasteiger partial charge in [-0.25, -0.2) is 4.68 Å². The van der Waals surface area contributed by atoms with Gasteiger partial charge >= 0.3 is 0 Å². The Bertz CT molecular complexity index is 1240. The first kappa shape index (κ1) is 19.6. The number of para-hydroxylation sites is 1. The highest BCUT2D eigenvalue weighted by Crippen LogP contribution is 2.27. The zero-order valence-corrected chi connectivity index (χ0v) is 17.1. The molecule has 7 nitrogen and oxygen atoms in total. The molecular formula is C23H22N4O3. The minimum Gasteiger partial charge on any atom is -0.496 e. The van der Waals surface area contributed by atoms with Gasteiger partial charge in [0.05, 0.1) is 24.9 Å². The van der Waals surface area contributed by atoms with Crippen LogP contribution in [0.5, 0.6) is 5.75 Å². The van der Waals surface area contributed by atoms with Crippen LogP contribution in [0.15, 0.2) is 63.9 Å². The number of nitrogens with zero attached hydrogens (tertiary/aromatic N) is 4. The summed E-state index contributed by atoms with van der Waals surface area (Å²) >= 11 is 0. The molecule has 0 aliphatic heterocycles. The maximum Gasteiger partial charge on any atom is 0.266 e. The zero-order chi connectivity index (χ0) is 21.1. The lowest BCUT2D eigenvalue weighted by atomic mass is 10.0. The number of aromatic nitrogens is 4. The third kappa shape index (κ3) is 4.00. The number of aryl methyl sites for hydroxylation is 4. The summed E-state index contributed by atoms with van der Waals surface area (Å²) in [6.45, 7) is 4.46. The Labute approximate surface area is 174 Å². The topological polar surface area (TPSA) is 83.0 Å². The summed E-state index contributed by atoms with van der Waals surface area (Å²) in [6, 6.07) is 16.9. The van der Waals surface area contributed by atoms with Crippen LogP contribution in [0.25, 0.3) is 22.6 Å². The molecule has 2 aromatic carbocycles. The van der Waals surface area contributed by atoms with Crippen molar-refractivity contribution in [2.45, 2.75) is 26.8 Å². The smallest absolute Gasteiger partial charge is 0.266 e. The number of hydrogen-bond donors (Lipinski definition) is 0. The molecule has 0 aliphatic rings. The Morgan fingerprint density at radius 2 is 1.87 bits per heavy atom. The Hall–Kier alpha value is -3.74. The second-order valence-electron chi connectivity index (χ2n) is 7.04. The molecule has 0 aliphatic carbocycles. The van der Waals surface area contributed by atoms with Crippen LogP contribution in [0.2, 0.25) is 0 Å². The van der Waals surface area contributed by atoms with Crippen LogP contribution in [0, 0.1) is 13.8 Å². The second-order valence-corrected chi connectivity index (χ2v) is 7.04. The van der Waals surface area contributed by atoms with Crippen molar-refractivity contribution in [3.8, 4) is 28.4 Å². The van der Waals surface area contributed by atoms with Gasteiger partial charge in [-0.05, 0) is 49.2 Å². The Morgan fingerprint density at radius 1 is 1.03 bits per heavy atom. The fourth-order valence-electron chi connectivity index (χ4n) is 3.16. The molecule has 0 fully saturated rings. The molecule has 152 valence electrons. The number of ether oxygens (including phenoxy) is 1. The molecule has 0 amide bonds. The van der Waals surface area contributed by atoms with Crippen molar-refractivity contribution in [2.75, 3.05) is 7.11 Å². The van der Waals surface area contributed by atoms with Gasteiger partial charge in [0.25, 0.3) is 5.56 Å². The summed E-state index contributed by atoms with van der Waals surface area (Å²) in [5.74, 6) is 1.55. The van der Waals surface area contributed by atoms with Crippen LogP contribution >= 0.6 is 0 Å². The molecule has 0 radical (unpaired) electrons. The summed E-state index contributed by atoms with van der Waals surface area (Å²) in [5, 5.41) is 8.55. The fraction of sp³-hybridized carbons (Fsp3) is 0.217. The van der Waals surface area contributed by atoms with Crippen LogP contribution in [0.4, 0.5) is 0 Å². The minimum atomic E-state index is -0.174. The van der Waals surface area contributed by atoms with E-state index >= 15 is 0 Å². The van der Waals surface area contributed by atoms with Gasteiger partial charge in [0, 0.05) is 18.1 Å². The fourth-order valence-corrected chi connectivity index (χ4v) is 3.16. The van der Waals surface area contributed by atoms with E-state index in [2.05, 4.69) is 41.2 Å². The number of hydrogen-bond acceptors (Lipinski definition) is 6. The first-order chi connectivity index (χ1) is 14.5. The van der Waals surface area contributed by atoms with Gasteiger partial charge in [0.1, 0.15) is 5.75 Å². The first-order valence-electron chi connectivity index (χ1n) is 9.67. The van der Waals surface area contributed by atoms with Crippen LogP contribution in [0.1, 0.15) is 17.0 Å². The standard InChI is InChI=1S/C23H22N4O3/c1-15-8-9-17(14-16(15)2)19-10-11-22(28)27(25-19)13-12-21-24-23(26-30-21)18-6-4-5-7-20(18)29-3/h4-11,14H,12-13H2,1-3H3. The van der Waals surface area contributed by atoms with E-state index in [4.69, 9.17) is 9.26 Å². The van der Waals surface area contributed by atoms with Crippen molar-refractivity contribution in [2.24, 2.45) is 0 Å². The van der Waals surface area contributed by atoms with Crippen molar-refractivity contribution in [3.63, 3.8) is 0 Å². The van der Waals surface area contributed by atoms with Crippen molar-refractivity contribution < 1.29 is 9.26 Å². The summed E-state index contributed by atoms with van der Waals surface area (Å²) in [6.07, 6.45) is 0.394. The molecule has 4 rings (SSSR count). The van der Waals surface area contributed by atoms with Crippen molar-refractivity contribution in [3.05, 3.63) is 82.0 Å². The highest BCUT2D eigenvalue weighted by atomic mass is 16.5. The van der Waals surface area contributed by atoms with Gasteiger partial charge in [-0.3, -0.25) is 4.79 Å². The Balaban J connectivity index is 1.54. The van der Waals surface area contributed by atoms with Gasteiger partial charge in [-0.2, -0.15) is 10.1 Å². The molecule has 0 N–H and O–H groups in total. The van der Waals surface area contributed by atoms with E-state index in [1.807, 2.05) is 30.3 Å². The third-order valence-corrected chi connectivity index (χ3v) is 5.02. The van der Waals surface area contributed by atoms with Crippen molar-refractivity contribution >= 4 is 0 Å². The number of methoxy groups -OCH3 is 1.